The van der Waals surface area contributed by atoms with Gasteiger partial charge < -0.3 is 14.8 Å². The molecule has 1 heterocycles. The number of benzene rings is 2. The molecule has 100 valence electrons. The SMILES string of the molecule is COc1ccc2[nH]c3c(C(=O)O)cccc3c(=O)c2c1. The van der Waals surface area contributed by atoms with Crippen LogP contribution in [0.3, 0.4) is 0 Å². The molecule has 2 aromatic carbocycles. The normalized spacial score (nSPS) is 10.8. The van der Waals surface area contributed by atoms with E-state index in [0.717, 1.165) is 0 Å². The molecule has 0 aliphatic heterocycles. The second-order valence-electron chi connectivity index (χ2n) is 4.40. The van der Waals surface area contributed by atoms with Crippen LogP contribution in [-0.2, 0) is 0 Å². The molecule has 0 saturated heterocycles. The molecule has 0 spiro atoms. The van der Waals surface area contributed by atoms with Crippen molar-refractivity contribution in [2.75, 3.05) is 7.11 Å². The Morgan fingerprint density at radius 2 is 2.00 bits per heavy atom. The first-order valence-electron chi connectivity index (χ1n) is 5.98. The molecule has 0 aliphatic carbocycles. The zero-order valence-corrected chi connectivity index (χ0v) is 10.6. The molecule has 0 unspecified atom stereocenters. The second-order valence-corrected chi connectivity index (χ2v) is 4.40. The Labute approximate surface area is 113 Å². The number of ether oxygens (including phenoxy) is 1. The van der Waals surface area contributed by atoms with Crippen molar-refractivity contribution >= 4 is 27.8 Å². The lowest BCUT2D eigenvalue weighted by molar-refractivity contribution is 0.0699. The molecular formula is C15H11NO4. The van der Waals surface area contributed by atoms with E-state index in [-0.39, 0.29) is 11.0 Å². The summed E-state index contributed by atoms with van der Waals surface area (Å²) in [5.41, 5.74) is 0.785. The summed E-state index contributed by atoms with van der Waals surface area (Å²) < 4.78 is 5.10. The minimum absolute atomic E-state index is 0.0809. The van der Waals surface area contributed by atoms with Gasteiger partial charge in [0.05, 0.1) is 23.7 Å². The van der Waals surface area contributed by atoms with Gasteiger partial charge in [-0.3, -0.25) is 4.79 Å². The Hall–Kier alpha value is -2.82. The van der Waals surface area contributed by atoms with Gasteiger partial charge in [0.15, 0.2) is 5.43 Å². The van der Waals surface area contributed by atoms with Gasteiger partial charge in [-0.1, -0.05) is 6.07 Å². The number of methoxy groups -OCH3 is 1. The van der Waals surface area contributed by atoms with Crippen LogP contribution in [0.25, 0.3) is 21.8 Å². The average molecular weight is 269 g/mol. The number of aromatic nitrogens is 1. The van der Waals surface area contributed by atoms with Crippen LogP contribution >= 0.6 is 0 Å². The summed E-state index contributed by atoms with van der Waals surface area (Å²) in [5.74, 6) is -0.490. The topological polar surface area (TPSA) is 79.4 Å². The van der Waals surface area contributed by atoms with Crippen LogP contribution in [0.5, 0.6) is 5.75 Å². The molecule has 0 aliphatic rings. The molecule has 2 N–H and O–H groups in total. The van der Waals surface area contributed by atoms with Gasteiger partial charge in [0.2, 0.25) is 0 Å². The first kappa shape index (κ1) is 12.2. The maximum Gasteiger partial charge on any atom is 0.337 e. The van der Waals surface area contributed by atoms with E-state index >= 15 is 0 Å². The van der Waals surface area contributed by atoms with Crippen LogP contribution < -0.4 is 10.2 Å². The molecular weight excluding hydrogens is 258 g/mol. The largest absolute Gasteiger partial charge is 0.497 e. The number of H-pyrrole nitrogens is 1. The number of carbonyl (C=O) groups is 1. The standard InChI is InChI=1S/C15H11NO4/c1-20-8-5-6-12-11(7-8)14(17)9-3-2-4-10(15(18)19)13(9)16-12/h2-7H,1H3,(H,16,17)(H,18,19). The maximum absolute atomic E-state index is 12.5. The predicted molar refractivity (Wildman–Crippen MR) is 75.6 cm³/mol. The van der Waals surface area contributed by atoms with Gasteiger partial charge in [-0.05, 0) is 30.3 Å². The van der Waals surface area contributed by atoms with Crippen molar-refractivity contribution in [1.29, 1.82) is 0 Å². The van der Waals surface area contributed by atoms with E-state index in [2.05, 4.69) is 4.98 Å². The highest BCUT2D eigenvalue weighted by atomic mass is 16.5. The summed E-state index contributed by atoms with van der Waals surface area (Å²) in [6.07, 6.45) is 0. The van der Waals surface area contributed by atoms with Gasteiger partial charge >= 0.3 is 5.97 Å². The van der Waals surface area contributed by atoms with Crippen LogP contribution in [0.4, 0.5) is 0 Å². The van der Waals surface area contributed by atoms with Crippen LogP contribution in [0.15, 0.2) is 41.2 Å². The number of hydrogen-bond acceptors (Lipinski definition) is 3. The van der Waals surface area contributed by atoms with Crippen molar-refractivity contribution in [3.8, 4) is 5.75 Å². The lowest BCUT2D eigenvalue weighted by Crippen LogP contribution is -2.08. The Bertz CT molecular complexity index is 895. The fraction of sp³-hybridized carbons (Fsp3) is 0.0667. The van der Waals surface area contributed by atoms with E-state index in [9.17, 15) is 14.7 Å². The molecule has 5 nitrogen and oxygen atoms in total. The van der Waals surface area contributed by atoms with Gasteiger partial charge in [0.1, 0.15) is 5.75 Å². The number of aromatic amines is 1. The summed E-state index contributed by atoms with van der Waals surface area (Å²) in [4.78, 5) is 26.7. The van der Waals surface area contributed by atoms with Gasteiger partial charge in [0.25, 0.3) is 0 Å². The lowest BCUT2D eigenvalue weighted by atomic mass is 10.1. The third kappa shape index (κ3) is 1.72. The summed E-state index contributed by atoms with van der Waals surface area (Å²) in [5, 5.41) is 10.0. The van der Waals surface area contributed by atoms with Crippen molar-refractivity contribution < 1.29 is 14.6 Å². The van der Waals surface area contributed by atoms with Crippen LogP contribution in [0.2, 0.25) is 0 Å². The van der Waals surface area contributed by atoms with E-state index in [4.69, 9.17) is 4.74 Å². The minimum Gasteiger partial charge on any atom is -0.497 e. The molecule has 0 atom stereocenters. The second kappa shape index (κ2) is 4.38. The molecule has 0 saturated carbocycles. The highest BCUT2D eigenvalue weighted by Crippen LogP contribution is 2.21. The summed E-state index contributed by atoms with van der Waals surface area (Å²) in [7, 11) is 1.53. The Kier molecular flexibility index (Phi) is 2.68. The van der Waals surface area contributed by atoms with Crippen LogP contribution in [0, 0.1) is 0 Å². The molecule has 0 fully saturated rings. The Morgan fingerprint density at radius 1 is 1.20 bits per heavy atom. The van der Waals surface area contributed by atoms with Crippen LogP contribution in [0.1, 0.15) is 10.4 Å². The zero-order chi connectivity index (χ0) is 14.3. The van der Waals surface area contributed by atoms with Gasteiger partial charge in [-0.25, -0.2) is 4.79 Å². The van der Waals surface area contributed by atoms with E-state index < -0.39 is 5.97 Å². The number of rotatable bonds is 2. The number of hydrogen-bond donors (Lipinski definition) is 2. The van der Waals surface area contributed by atoms with E-state index in [1.807, 2.05) is 0 Å². The monoisotopic (exact) mass is 269 g/mol. The number of pyridine rings is 1. The third-order valence-electron chi connectivity index (χ3n) is 3.27. The van der Waals surface area contributed by atoms with E-state index in [1.54, 1.807) is 30.3 Å². The number of carboxylic acids is 1. The zero-order valence-electron chi connectivity index (χ0n) is 10.6. The van der Waals surface area contributed by atoms with Crippen LogP contribution in [-0.4, -0.2) is 23.2 Å². The third-order valence-corrected chi connectivity index (χ3v) is 3.27. The average Bonchev–Trinajstić information content (AvgIpc) is 2.46. The first-order chi connectivity index (χ1) is 9.61. The minimum atomic E-state index is -1.07. The van der Waals surface area contributed by atoms with Crippen molar-refractivity contribution in [3.63, 3.8) is 0 Å². The van der Waals surface area contributed by atoms with Crippen molar-refractivity contribution in [2.24, 2.45) is 0 Å². The highest BCUT2D eigenvalue weighted by Gasteiger charge is 2.13. The molecule has 0 amide bonds. The number of nitrogens with one attached hydrogen (secondary N) is 1. The van der Waals surface area contributed by atoms with Crippen molar-refractivity contribution in [3.05, 3.63) is 52.2 Å². The quantitative estimate of drug-likeness (QED) is 0.700. The molecule has 0 bridgehead atoms. The summed E-state index contributed by atoms with van der Waals surface area (Å²) in [6, 6.07) is 9.70. The van der Waals surface area contributed by atoms with Crippen molar-refractivity contribution in [2.45, 2.75) is 0 Å². The lowest BCUT2D eigenvalue weighted by Gasteiger charge is -2.06. The molecule has 1 aromatic heterocycles. The summed E-state index contributed by atoms with van der Waals surface area (Å²) in [6.45, 7) is 0. The Morgan fingerprint density at radius 3 is 2.70 bits per heavy atom. The smallest absolute Gasteiger partial charge is 0.337 e. The van der Waals surface area contributed by atoms with Gasteiger partial charge in [0, 0.05) is 10.8 Å². The number of fused-ring (bicyclic) bond motifs is 2. The van der Waals surface area contributed by atoms with E-state index in [0.29, 0.717) is 27.6 Å². The first-order valence-corrected chi connectivity index (χ1v) is 5.98. The molecule has 20 heavy (non-hydrogen) atoms. The maximum atomic E-state index is 12.5. The van der Waals surface area contributed by atoms with Crippen molar-refractivity contribution in [1.82, 2.24) is 4.98 Å². The fourth-order valence-corrected chi connectivity index (χ4v) is 2.28. The predicted octanol–water partition coefficient (Wildman–Crippen LogP) is 2.39. The molecule has 0 radical (unpaired) electrons. The molecule has 5 heteroatoms. The molecule has 3 rings (SSSR count). The van der Waals surface area contributed by atoms with Gasteiger partial charge in [-0.2, -0.15) is 0 Å². The number of carboxylic acid groups (broad SMARTS) is 1. The highest BCUT2D eigenvalue weighted by molar-refractivity contribution is 6.04. The van der Waals surface area contributed by atoms with Gasteiger partial charge in [-0.15, -0.1) is 0 Å². The fourth-order valence-electron chi connectivity index (χ4n) is 2.28. The number of aromatic carboxylic acids is 1. The van der Waals surface area contributed by atoms with E-state index in [1.165, 1.54) is 13.2 Å². The Balaban J connectivity index is 2.50. The summed E-state index contributed by atoms with van der Waals surface area (Å²) >= 11 is 0. The number of para-hydroxylation sites is 1. The molecule has 3 aromatic rings.